The zero-order valence-electron chi connectivity index (χ0n) is 11.7. The van der Waals surface area contributed by atoms with Crippen LogP contribution in [0.3, 0.4) is 0 Å². The molecule has 1 N–H and O–H groups in total. The third kappa shape index (κ3) is 3.69. The first-order valence-electron chi connectivity index (χ1n) is 7.15. The Morgan fingerprint density at radius 1 is 1.26 bits per heavy atom. The summed E-state index contributed by atoms with van der Waals surface area (Å²) in [5.74, 6) is 0.471. The minimum atomic E-state index is -2.99. The number of likely N-dealkylation sites (tertiary alicyclic amines) is 1. The molecular weight excluding hydrogens is 264 g/mol. The van der Waals surface area contributed by atoms with E-state index in [0.717, 1.165) is 32.5 Å². The van der Waals surface area contributed by atoms with E-state index < -0.39 is 9.84 Å². The quantitative estimate of drug-likeness (QED) is 0.796. The van der Waals surface area contributed by atoms with Crippen molar-refractivity contribution < 1.29 is 13.2 Å². The van der Waals surface area contributed by atoms with Crippen molar-refractivity contribution in [3.05, 3.63) is 0 Å². The SMILES string of the molecule is CCCS(=O)(=O)CCN1CC2(CCNCC2)CC1=O. The maximum atomic E-state index is 12.0. The number of hydrogen-bond acceptors (Lipinski definition) is 4. The molecule has 0 bridgehead atoms. The van der Waals surface area contributed by atoms with Crippen LogP contribution in [0.25, 0.3) is 0 Å². The molecule has 0 aromatic carbocycles. The molecule has 1 spiro atoms. The summed E-state index contributed by atoms with van der Waals surface area (Å²) in [6, 6.07) is 0. The number of carbonyl (C=O) groups excluding carboxylic acids is 1. The van der Waals surface area contributed by atoms with E-state index in [1.165, 1.54) is 0 Å². The maximum Gasteiger partial charge on any atom is 0.223 e. The topological polar surface area (TPSA) is 66.5 Å². The lowest BCUT2D eigenvalue weighted by Crippen LogP contribution is -2.39. The second-order valence-corrected chi connectivity index (χ2v) is 8.20. The molecule has 0 saturated carbocycles. The molecule has 0 unspecified atom stereocenters. The van der Waals surface area contributed by atoms with Gasteiger partial charge in [-0.25, -0.2) is 8.42 Å². The van der Waals surface area contributed by atoms with Crippen LogP contribution in [0.1, 0.15) is 32.6 Å². The molecule has 2 aliphatic rings. The summed E-state index contributed by atoms with van der Waals surface area (Å²) in [4.78, 5) is 13.8. The van der Waals surface area contributed by atoms with E-state index in [2.05, 4.69) is 5.32 Å². The van der Waals surface area contributed by atoms with Gasteiger partial charge in [0.25, 0.3) is 0 Å². The number of piperidine rings is 1. The zero-order valence-corrected chi connectivity index (χ0v) is 12.5. The minimum Gasteiger partial charge on any atom is -0.341 e. The second kappa shape index (κ2) is 5.79. The normalized spacial score (nSPS) is 23.2. The zero-order chi connectivity index (χ0) is 13.9. The fourth-order valence-electron chi connectivity index (χ4n) is 3.14. The summed E-state index contributed by atoms with van der Waals surface area (Å²) in [7, 11) is -2.99. The number of nitrogens with zero attached hydrogens (tertiary/aromatic N) is 1. The Kier molecular flexibility index (Phi) is 4.50. The Morgan fingerprint density at radius 3 is 2.58 bits per heavy atom. The molecule has 2 rings (SSSR count). The van der Waals surface area contributed by atoms with Crippen molar-refractivity contribution in [2.45, 2.75) is 32.6 Å². The molecule has 0 atom stereocenters. The lowest BCUT2D eigenvalue weighted by Gasteiger charge is -2.33. The van der Waals surface area contributed by atoms with E-state index in [1.807, 2.05) is 6.92 Å². The highest BCUT2D eigenvalue weighted by molar-refractivity contribution is 7.91. The Labute approximate surface area is 115 Å². The molecule has 0 aromatic rings. The first kappa shape index (κ1) is 14.8. The predicted octanol–water partition coefficient (Wildman–Crippen LogP) is 0.413. The third-order valence-electron chi connectivity index (χ3n) is 4.26. The number of amides is 1. The average molecular weight is 288 g/mol. The lowest BCUT2D eigenvalue weighted by atomic mass is 9.78. The van der Waals surface area contributed by atoms with Crippen molar-refractivity contribution in [3.8, 4) is 0 Å². The molecule has 2 heterocycles. The minimum absolute atomic E-state index is 0.108. The maximum absolute atomic E-state index is 12.0. The van der Waals surface area contributed by atoms with Crippen LogP contribution in [0.2, 0.25) is 0 Å². The largest absolute Gasteiger partial charge is 0.341 e. The summed E-state index contributed by atoms with van der Waals surface area (Å²) in [6.45, 7) is 4.92. The fourth-order valence-corrected chi connectivity index (χ4v) is 4.46. The molecular formula is C13H24N2O3S. The van der Waals surface area contributed by atoms with Crippen molar-refractivity contribution in [2.75, 3.05) is 37.7 Å². The van der Waals surface area contributed by atoms with Crippen molar-refractivity contribution in [1.82, 2.24) is 10.2 Å². The summed E-state index contributed by atoms with van der Waals surface area (Å²) in [6.07, 6.45) is 3.29. The standard InChI is InChI=1S/C13H24N2O3S/c1-2-8-19(17,18)9-7-15-11-13(10-12(15)16)3-5-14-6-4-13/h14H,2-11H2,1H3. The highest BCUT2D eigenvalue weighted by Gasteiger charge is 2.43. The van der Waals surface area contributed by atoms with E-state index in [-0.39, 0.29) is 22.8 Å². The van der Waals surface area contributed by atoms with Crippen LogP contribution in [-0.4, -0.2) is 56.9 Å². The van der Waals surface area contributed by atoms with Gasteiger partial charge < -0.3 is 10.2 Å². The molecule has 5 nitrogen and oxygen atoms in total. The molecule has 110 valence electrons. The fraction of sp³-hybridized carbons (Fsp3) is 0.923. The molecule has 0 radical (unpaired) electrons. The van der Waals surface area contributed by atoms with Crippen LogP contribution in [-0.2, 0) is 14.6 Å². The molecule has 0 aliphatic carbocycles. The van der Waals surface area contributed by atoms with Crippen LogP contribution in [0, 0.1) is 5.41 Å². The van der Waals surface area contributed by atoms with Gasteiger partial charge in [0, 0.05) is 25.3 Å². The highest BCUT2D eigenvalue weighted by Crippen LogP contribution is 2.39. The van der Waals surface area contributed by atoms with Crippen LogP contribution in [0.5, 0.6) is 0 Å². The molecule has 19 heavy (non-hydrogen) atoms. The van der Waals surface area contributed by atoms with Crippen LogP contribution in [0.15, 0.2) is 0 Å². The number of nitrogens with one attached hydrogen (secondary N) is 1. The Bertz CT molecular complexity index is 427. The van der Waals surface area contributed by atoms with Gasteiger partial charge in [-0.3, -0.25) is 4.79 Å². The molecule has 2 saturated heterocycles. The van der Waals surface area contributed by atoms with E-state index in [0.29, 0.717) is 19.4 Å². The van der Waals surface area contributed by atoms with Crippen molar-refractivity contribution in [3.63, 3.8) is 0 Å². The van der Waals surface area contributed by atoms with E-state index in [9.17, 15) is 13.2 Å². The van der Waals surface area contributed by atoms with Gasteiger partial charge in [-0.2, -0.15) is 0 Å². The smallest absolute Gasteiger partial charge is 0.223 e. The summed E-state index contributed by atoms with van der Waals surface area (Å²) in [5.41, 5.74) is 0.108. The van der Waals surface area contributed by atoms with Gasteiger partial charge in [0.2, 0.25) is 5.91 Å². The van der Waals surface area contributed by atoms with Crippen molar-refractivity contribution >= 4 is 15.7 Å². The molecule has 2 fully saturated rings. The van der Waals surface area contributed by atoms with E-state index >= 15 is 0 Å². The Balaban J connectivity index is 1.90. The molecule has 1 amide bonds. The van der Waals surface area contributed by atoms with Crippen LogP contribution < -0.4 is 5.32 Å². The molecule has 0 aromatic heterocycles. The van der Waals surface area contributed by atoms with E-state index in [4.69, 9.17) is 0 Å². The van der Waals surface area contributed by atoms with Gasteiger partial charge in [0.1, 0.15) is 0 Å². The van der Waals surface area contributed by atoms with Crippen LogP contribution >= 0.6 is 0 Å². The number of rotatable bonds is 5. The summed E-state index contributed by atoms with van der Waals surface area (Å²) in [5, 5.41) is 3.31. The number of sulfone groups is 1. The Morgan fingerprint density at radius 2 is 1.95 bits per heavy atom. The predicted molar refractivity (Wildman–Crippen MR) is 74.7 cm³/mol. The number of hydrogen-bond donors (Lipinski definition) is 1. The summed E-state index contributed by atoms with van der Waals surface area (Å²) >= 11 is 0. The van der Waals surface area contributed by atoms with Crippen LogP contribution in [0.4, 0.5) is 0 Å². The van der Waals surface area contributed by atoms with Gasteiger partial charge in [0.05, 0.1) is 5.75 Å². The van der Waals surface area contributed by atoms with Gasteiger partial charge in [-0.05, 0) is 37.8 Å². The van der Waals surface area contributed by atoms with Crippen molar-refractivity contribution in [2.24, 2.45) is 5.41 Å². The monoisotopic (exact) mass is 288 g/mol. The lowest BCUT2D eigenvalue weighted by molar-refractivity contribution is -0.127. The first-order chi connectivity index (χ1) is 8.96. The molecule has 2 aliphatic heterocycles. The molecule has 6 heteroatoms. The van der Waals surface area contributed by atoms with Gasteiger partial charge >= 0.3 is 0 Å². The van der Waals surface area contributed by atoms with Gasteiger partial charge in [-0.15, -0.1) is 0 Å². The Hall–Kier alpha value is -0.620. The third-order valence-corrected chi connectivity index (χ3v) is 6.09. The first-order valence-corrected chi connectivity index (χ1v) is 8.97. The highest BCUT2D eigenvalue weighted by atomic mass is 32.2. The number of carbonyl (C=O) groups is 1. The second-order valence-electron chi connectivity index (χ2n) is 5.89. The van der Waals surface area contributed by atoms with Gasteiger partial charge in [-0.1, -0.05) is 6.92 Å². The van der Waals surface area contributed by atoms with Crippen molar-refractivity contribution in [1.29, 1.82) is 0 Å². The summed E-state index contributed by atoms with van der Waals surface area (Å²) < 4.78 is 23.4. The van der Waals surface area contributed by atoms with E-state index in [1.54, 1.807) is 4.90 Å². The average Bonchev–Trinajstić information content (AvgIpc) is 2.64. The van der Waals surface area contributed by atoms with Gasteiger partial charge in [0.15, 0.2) is 9.84 Å².